The largest absolute Gasteiger partial charge is 0.495 e. The zero-order chi connectivity index (χ0) is 36.6. The van der Waals surface area contributed by atoms with Gasteiger partial charge in [-0.15, -0.1) is 0 Å². The molecule has 280 valence electrons. The summed E-state index contributed by atoms with van der Waals surface area (Å²) in [7, 11) is -0.612. The number of rotatable bonds is 12. The van der Waals surface area contributed by atoms with Gasteiger partial charge in [-0.05, 0) is 61.6 Å². The minimum atomic E-state index is -3.56. The van der Waals surface area contributed by atoms with Gasteiger partial charge in [0.2, 0.25) is 21.9 Å². The lowest BCUT2D eigenvalue weighted by atomic mass is 9.89. The maximum Gasteiger partial charge on any atom is 0.254 e. The molecule has 3 fully saturated rings. The van der Waals surface area contributed by atoms with Crippen LogP contribution in [0.1, 0.15) is 66.1 Å². The minimum absolute atomic E-state index is 0.0199. The highest BCUT2D eigenvalue weighted by Crippen LogP contribution is 2.40. The number of amides is 1. The van der Waals surface area contributed by atoms with Gasteiger partial charge in [-0.2, -0.15) is 9.29 Å². The SMILES string of the molecule is COc1cc(C(=O)NC2CCC(N3CCN(CC4CC4)CC3)CC2)c(F)cc1Nc1ncc(Cl)c(O[C@@H]2Cc3ccccc3[C@H]2N(C)S(C)(=O)=O)n1. The van der Waals surface area contributed by atoms with Crippen molar-refractivity contribution in [2.45, 2.75) is 69.2 Å². The average Bonchev–Trinajstić information content (AvgIpc) is 3.87. The van der Waals surface area contributed by atoms with Gasteiger partial charge in [0.05, 0.1) is 36.9 Å². The van der Waals surface area contributed by atoms with Crippen LogP contribution in [0.5, 0.6) is 11.6 Å². The molecule has 0 spiro atoms. The Morgan fingerprint density at radius 1 is 1.08 bits per heavy atom. The van der Waals surface area contributed by atoms with Crippen molar-refractivity contribution in [2.24, 2.45) is 5.92 Å². The Kier molecular flexibility index (Phi) is 10.9. The first-order valence-electron chi connectivity index (χ1n) is 18.1. The number of hydrogen-bond acceptors (Lipinski definition) is 10. The van der Waals surface area contributed by atoms with Crippen LogP contribution in [0.3, 0.4) is 0 Å². The average molecular weight is 756 g/mol. The van der Waals surface area contributed by atoms with Gasteiger partial charge < -0.3 is 25.0 Å². The smallest absolute Gasteiger partial charge is 0.254 e. The second-order valence-corrected chi connectivity index (χ2v) is 17.0. The van der Waals surface area contributed by atoms with Crippen LogP contribution in [-0.4, -0.2) is 110 Å². The first-order valence-corrected chi connectivity index (χ1v) is 20.3. The lowest BCUT2D eigenvalue weighted by Gasteiger charge is -2.42. The maximum absolute atomic E-state index is 15.5. The fourth-order valence-electron chi connectivity index (χ4n) is 7.86. The summed E-state index contributed by atoms with van der Waals surface area (Å²) < 4.78 is 53.7. The summed E-state index contributed by atoms with van der Waals surface area (Å²) in [5.74, 6) is 0.00881. The lowest BCUT2D eigenvalue weighted by molar-refractivity contribution is 0.0693. The van der Waals surface area contributed by atoms with E-state index in [1.807, 2.05) is 24.3 Å². The van der Waals surface area contributed by atoms with Crippen LogP contribution in [0.15, 0.2) is 42.6 Å². The standard InChI is InChI=1S/C37H47ClFN7O5S/c1-44(52(3,48)49)34-27-7-5-4-6-24(27)18-33(34)51-36-29(38)21-40-37(43-36)42-31-20-30(39)28(19-32(31)50-2)35(47)41-25-10-12-26(13-11-25)46-16-14-45(15-17-46)22-23-8-9-23/h4-7,19-21,23,25-26,33-34H,8-18,22H2,1-3H3,(H,41,47)(H,40,42,43)/t25?,26?,33-,34-/m1/s1. The summed E-state index contributed by atoms with van der Waals surface area (Å²) in [5.41, 5.74) is 1.89. The van der Waals surface area contributed by atoms with Gasteiger partial charge in [0.1, 0.15) is 22.7 Å². The van der Waals surface area contributed by atoms with Crippen molar-refractivity contribution in [1.29, 1.82) is 0 Å². The van der Waals surface area contributed by atoms with Crippen molar-refractivity contribution in [1.82, 2.24) is 29.4 Å². The van der Waals surface area contributed by atoms with E-state index in [1.54, 1.807) is 0 Å². The third-order valence-electron chi connectivity index (χ3n) is 11.0. The molecule has 2 heterocycles. The van der Waals surface area contributed by atoms with E-state index < -0.39 is 33.9 Å². The Morgan fingerprint density at radius 3 is 2.50 bits per heavy atom. The summed E-state index contributed by atoms with van der Waals surface area (Å²) in [4.78, 5) is 27.2. The van der Waals surface area contributed by atoms with Crippen LogP contribution in [0, 0.1) is 11.7 Å². The molecular formula is C37H47ClFN7O5S. The molecule has 3 aliphatic carbocycles. The molecule has 0 radical (unpaired) electrons. The Hall–Kier alpha value is -3.56. The molecule has 12 nitrogen and oxygen atoms in total. The Labute approximate surface area is 310 Å². The van der Waals surface area contributed by atoms with E-state index in [2.05, 4.69) is 30.4 Å². The fourth-order valence-corrected chi connectivity index (χ4v) is 8.65. The number of aromatic nitrogens is 2. The predicted molar refractivity (Wildman–Crippen MR) is 197 cm³/mol. The second-order valence-electron chi connectivity index (χ2n) is 14.5. The van der Waals surface area contributed by atoms with Crippen LogP contribution in [-0.2, 0) is 16.4 Å². The van der Waals surface area contributed by atoms with E-state index in [4.69, 9.17) is 21.1 Å². The molecule has 4 aliphatic rings. The van der Waals surface area contributed by atoms with E-state index in [1.165, 1.54) is 56.2 Å². The molecule has 0 bridgehead atoms. The number of carbonyl (C=O) groups is 1. The number of benzene rings is 2. The van der Waals surface area contributed by atoms with Crippen LogP contribution in [0.2, 0.25) is 5.02 Å². The van der Waals surface area contributed by atoms with Crippen molar-refractivity contribution in [3.05, 3.63) is 70.1 Å². The molecular weight excluding hydrogens is 709 g/mol. The zero-order valence-electron chi connectivity index (χ0n) is 29.9. The van der Waals surface area contributed by atoms with Gasteiger partial charge in [-0.25, -0.2) is 17.8 Å². The summed E-state index contributed by atoms with van der Waals surface area (Å²) in [6.45, 7) is 5.74. The second kappa shape index (κ2) is 15.4. The van der Waals surface area contributed by atoms with Gasteiger partial charge in [-0.3, -0.25) is 9.69 Å². The fraction of sp³-hybridized carbons (Fsp3) is 0.541. The lowest BCUT2D eigenvalue weighted by Crippen LogP contribution is -2.52. The van der Waals surface area contributed by atoms with Gasteiger partial charge in [0, 0.05) is 64.3 Å². The summed E-state index contributed by atoms with van der Waals surface area (Å²) >= 11 is 6.45. The number of sulfonamides is 1. The van der Waals surface area contributed by atoms with E-state index in [-0.39, 0.29) is 39.9 Å². The van der Waals surface area contributed by atoms with Gasteiger partial charge in [0.15, 0.2) is 0 Å². The monoisotopic (exact) mass is 755 g/mol. The van der Waals surface area contributed by atoms with Gasteiger partial charge >= 0.3 is 0 Å². The number of piperazine rings is 1. The third kappa shape index (κ3) is 8.31. The number of likely N-dealkylation sites (N-methyl/N-ethyl adjacent to an activating group) is 1. The molecule has 15 heteroatoms. The van der Waals surface area contributed by atoms with E-state index >= 15 is 4.39 Å². The van der Waals surface area contributed by atoms with Gasteiger partial charge in [0.25, 0.3) is 5.91 Å². The number of nitrogens with one attached hydrogen (secondary N) is 2. The number of halogens is 2. The molecule has 2 atom stereocenters. The summed E-state index contributed by atoms with van der Waals surface area (Å²) in [6.07, 6.45) is 8.81. The number of anilines is 2. The topological polar surface area (TPSA) is 129 Å². The molecule has 1 saturated heterocycles. The molecule has 7 rings (SSSR count). The van der Waals surface area contributed by atoms with Crippen LogP contribution >= 0.6 is 11.6 Å². The van der Waals surface area contributed by atoms with Crippen LogP contribution < -0.4 is 20.1 Å². The van der Waals surface area contributed by atoms with Gasteiger partial charge in [-0.1, -0.05) is 35.9 Å². The number of hydrogen-bond donors (Lipinski definition) is 2. The Morgan fingerprint density at radius 2 is 1.81 bits per heavy atom. The Balaban J connectivity index is 0.981. The Bertz CT molecular complexity index is 1880. The molecule has 2 aromatic carbocycles. The minimum Gasteiger partial charge on any atom is -0.495 e. The van der Waals surface area contributed by atoms with Crippen LogP contribution in [0.4, 0.5) is 16.0 Å². The molecule has 2 saturated carbocycles. The van der Waals surface area contributed by atoms with E-state index in [0.29, 0.717) is 12.5 Å². The highest BCUT2D eigenvalue weighted by molar-refractivity contribution is 7.88. The summed E-state index contributed by atoms with van der Waals surface area (Å²) in [5, 5.41) is 6.13. The first kappa shape index (κ1) is 36.8. The van der Waals surface area contributed by atoms with Crippen molar-refractivity contribution < 1.29 is 27.1 Å². The molecule has 52 heavy (non-hydrogen) atoms. The normalized spacial score (nSPS) is 24.0. The number of methoxy groups -OCH3 is 1. The van der Waals surface area contributed by atoms with Crippen molar-refractivity contribution in [3.8, 4) is 11.6 Å². The van der Waals surface area contributed by atoms with E-state index in [9.17, 15) is 13.2 Å². The molecule has 3 aromatic rings. The summed E-state index contributed by atoms with van der Waals surface area (Å²) in [6, 6.07) is 10.0. The molecule has 2 N–H and O–H groups in total. The van der Waals surface area contributed by atoms with Crippen LogP contribution in [0.25, 0.3) is 0 Å². The van der Waals surface area contributed by atoms with Crippen molar-refractivity contribution in [3.63, 3.8) is 0 Å². The molecule has 1 amide bonds. The van der Waals surface area contributed by atoms with Crippen molar-refractivity contribution in [2.75, 3.05) is 58.5 Å². The van der Waals surface area contributed by atoms with Crippen molar-refractivity contribution >= 4 is 39.2 Å². The highest BCUT2D eigenvalue weighted by Gasteiger charge is 2.40. The predicted octanol–water partition coefficient (Wildman–Crippen LogP) is 5.03. The highest BCUT2D eigenvalue weighted by atomic mass is 35.5. The zero-order valence-corrected chi connectivity index (χ0v) is 31.4. The number of ether oxygens (including phenoxy) is 2. The van der Waals surface area contributed by atoms with E-state index in [0.717, 1.165) is 75.2 Å². The molecule has 1 aromatic heterocycles. The number of carbonyl (C=O) groups excluding carboxylic acids is 1. The number of fused-ring (bicyclic) bond motifs is 1. The number of nitrogens with zero attached hydrogens (tertiary/aromatic N) is 5. The third-order valence-corrected chi connectivity index (χ3v) is 12.5. The molecule has 1 aliphatic heterocycles. The first-order chi connectivity index (χ1) is 25.0. The quantitative estimate of drug-likeness (QED) is 0.260. The molecule has 0 unspecified atom stereocenters. The maximum atomic E-state index is 15.5.